The largest absolute Gasteiger partial charge is 0.378 e. The lowest BCUT2D eigenvalue weighted by molar-refractivity contribution is 0.0778. The average Bonchev–Trinajstić information content (AvgIpc) is 2.59. The number of amides is 2. The number of methoxy groups -OCH3 is 1. The van der Waals surface area contributed by atoms with Crippen molar-refractivity contribution in [3.8, 4) is 11.1 Å². The Morgan fingerprint density at radius 2 is 2.04 bits per heavy atom. The number of carbonyl (C=O) groups is 1. The van der Waals surface area contributed by atoms with E-state index in [-0.39, 0.29) is 12.1 Å². The molecule has 0 aliphatic carbocycles. The molecule has 3 rings (SSSR count). The first-order valence-electron chi connectivity index (χ1n) is 7.84. The summed E-state index contributed by atoms with van der Waals surface area (Å²) in [7, 11) is 3.32. The second kappa shape index (κ2) is 7.27. The Bertz CT molecular complexity index is 698. The van der Waals surface area contributed by atoms with Crippen molar-refractivity contribution in [1.29, 1.82) is 0 Å². The fourth-order valence-electron chi connectivity index (χ4n) is 2.52. The fraction of sp³-hybridized carbons (Fsp3) is 0.353. The summed E-state index contributed by atoms with van der Waals surface area (Å²) in [6.45, 7) is 2.13. The quantitative estimate of drug-likeness (QED) is 0.868. The van der Waals surface area contributed by atoms with Crippen molar-refractivity contribution in [2.75, 3.05) is 32.1 Å². The van der Waals surface area contributed by atoms with E-state index in [2.05, 4.69) is 25.5 Å². The molecule has 0 atom stereocenters. The molecule has 2 N–H and O–H groups in total. The van der Waals surface area contributed by atoms with Crippen LogP contribution in [0, 0.1) is 0 Å². The highest BCUT2D eigenvalue weighted by Gasteiger charge is 2.28. The van der Waals surface area contributed by atoms with Gasteiger partial charge in [0, 0.05) is 51.7 Å². The minimum atomic E-state index is -0.197. The zero-order chi connectivity index (χ0) is 16.9. The van der Waals surface area contributed by atoms with Crippen LogP contribution < -0.4 is 15.5 Å². The molecule has 0 saturated carbocycles. The van der Waals surface area contributed by atoms with Crippen LogP contribution in [0.5, 0.6) is 0 Å². The highest BCUT2D eigenvalue weighted by Crippen LogP contribution is 2.22. The predicted octanol–water partition coefficient (Wildman–Crippen LogP) is 1.41. The van der Waals surface area contributed by atoms with Gasteiger partial charge in [-0.1, -0.05) is 18.2 Å². The molecular formula is C17H21N5O2. The lowest BCUT2D eigenvalue weighted by Gasteiger charge is -2.37. The number of nitrogens with zero attached hydrogens (tertiary/aromatic N) is 3. The molecule has 0 bridgehead atoms. The van der Waals surface area contributed by atoms with E-state index >= 15 is 0 Å². The lowest BCUT2D eigenvalue weighted by atomic mass is 10.1. The van der Waals surface area contributed by atoms with Crippen LogP contribution in [-0.2, 0) is 11.3 Å². The topological polar surface area (TPSA) is 79.4 Å². The van der Waals surface area contributed by atoms with Crippen LogP contribution in [0.4, 0.5) is 10.7 Å². The number of nitrogens with one attached hydrogen (secondary N) is 2. The highest BCUT2D eigenvalue weighted by atomic mass is 16.5. The number of aromatic nitrogens is 2. The molecule has 1 saturated heterocycles. The maximum absolute atomic E-state index is 11.3. The second-order valence-corrected chi connectivity index (χ2v) is 5.67. The van der Waals surface area contributed by atoms with Crippen molar-refractivity contribution in [1.82, 2.24) is 20.6 Å². The number of hydrogen-bond acceptors (Lipinski definition) is 5. The molecule has 2 heterocycles. The Morgan fingerprint density at radius 3 is 2.71 bits per heavy atom. The molecule has 7 heteroatoms. The normalized spacial score (nSPS) is 14.2. The molecule has 1 aliphatic heterocycles. The molecule has 1 aliphatic rings. The molecule has 1 aromatic heterocycles. The Balaban J connectivity index is 1.67. The van der Waals surface area contributed by atoms with Gasteiger partial charge < -0.3 is 20.3 Å². The van der Waals surface area contributed by atoms with Crippen molar-refractivity contribution in [2.45, 2.75) is 12.6 Å². The third-order valence-corrected chi connectivity index (χ3v) is 4.04. The van der Waals surface area contributed by atoms with E-state index in [1.807, 2.05) is 36.7 Å². The summed E-state index contributed by atoms with van der Waals surface area (Å²) >= 11 is 0. The minimum Gasteiger partial charge on any atom is -0.378 e. The number of benzene rings is 1. The molecule has 2 amide bonds. The van der Waals surface area contributed by atoms with Crippen molar-refractivity contribution in [2.24, 2.45) is 0 Å². The number of hydrogen-bond donors (Lipinski definition) is 2. The van der Waals surface area contributed by atoms with Crippen LogP contribution in [-0.4, -0.2) is 49.4 Å². The third-order valence-electron chi connectivity index (χ3n) is 4.04. The molecule has 24 heavy (non-hydrogen) atoms. The van der Waals surface area contributed by atoms with E-state index in [9.17, 15) is 4.79 Å². The summed E-state index contributed by atoms with van der Waals surface area (Å²) in [5.41, 5.74) is 2.99. The van der Waals surface area contributed by atoms with Crippen LogP contribution >= 0.6 is 0 Å². The first-order chi connectivity index (χ1) is 11.7. The van der Waals surface area contributed by atoms with E-state index in [0.717, 1.165) is 35.7 Å². The number of rotatable bonds is 5. The SMILES string of the molecule is CNC(=O)NCc1cccc(-c2cnc(N3CC(OC)C3)nc2)c1. The van der Waals surface area contributed by atoms with Crippen LogP contribution in [0.3, 0.4) is 0 Å². The van der Waals surface area contributed by atoms with Crippen LogP contribution in [0.15, 0.2) is 36.7 Å². The molecule has 2 aromatic rings. The van der Waals surface area contributed by atoms with E-state index < -0.39 is 0 Å². The molecule has 1 fully saturated rings. The van der Waals surface area contributed by atoms with Gasteiger partial charge in [0.25, 0.3) is 0 Å². The smallest absolute Gasteiger partial charge is 0.314 e. The number of ether oxygens (including phenoxy) is 1. The van der Waals surface area contributed by atoms with Gasteiger partial charge in [-0.3, -0.25) is 0 Å². The predicted molar refractivity (Wildman–Crippen MR) is 91.8 cm³/mol. The van der Waals surface area contributed by atoms with Gasteiger partial charge in [-0.25, -0.2) is 14.8 Å². The summed E-state index contributed by atoms with van der Waals surface area (Å²) in [5.74, 6) is 0.726. The molecular weight excluding hydrogens is 306 g/mol. The first-order valence-corrected chi connectivity index (χ1v) is 7.84. The lowest BCUT2D eigenvalue weighted by Crippen LogP contribution is -2.52. The zero-order valence-corrected chi connectivity index (χ0v) is 13.8. The molecule has 1 aromatic carbocycles. The van der Waals surface area contributed by atoms with Crippen molar-refractivity contribution in [3.63, 3.8) is 0 Å². The van der Waals surface area contributed by atoms with Crippen LogP contribution in [0.1, 0.15) is 5.56 Å². The minimum absolute atomic E-state index is 0.197. The van der Waals surface area contributed by atoms with Gasteiger partial charge in [0.15, 0.2) is 0 Å². The summed E-state index contributed by atoms with van der Waals surface area (Å²) < 4.78 is 5.26. The van der Waals surface area contributed by atoms with Gasteiger partial charge in [0.05, 0.1) is 6.10 Å². The van der Waals surface area contributed by atoms with E-state index in [1.54, 1.807) is 14.2 Å². The molecule has 0 radical (unpaired) electrons. The maximum Gasteiger partial charge on any atom is 0.314 e. The number of anilines is 1. The van der Waals surface area contributed by atoms with Crippen LogP contribution in [0.25, 0.3) is 11.1 Å². The van der Waals surface area contributed by atoms with Crippen LogP contribution in [0.2, 0.25) is 0 Å². The van der Waals surface area contributed by atoms with Crippen molar-refractivity contribution >= 4 is 12.0 Å². The van der Waals surface area contributed by atoms with Gasteiger partial charge in [0.1, 0.15) is 0 Å². The Labute approximate surface area is 141 Å². The maximum atomic E-state index is 11.3. The Hall–Kier alpha value is -2.67. The second-order valence-electron chi connectivity index (χ2n) is 5.67. The zero-order valence-electron chi connectivity index (χ0n) is 13.8. The van der Waals surface area contributed by atoms with Gasteiger partial charge in [0.2, 0.25) is 5.95 Å². The van der Waals surface area contributed by atoms with Crippen molar-refractivity contribution in [3.05, 3.63) is 42.2 Å². The molecule has 0 unspecified atom stereocenters. The van der Waals surface area contributed by atoms with E-state index in [1.165, 1.54) is 0 Å². The van der Waals surface area contributed by atoms with E-state index in [4.69, 9.17) is 4.74 Å². The Kier molecular flexibility index (Phi) is 4.90. The number of urea groups is 1. The average molecular weight is 327 g/mol. The number of carbonyl (C=O) groups excluding carboxylic acids is 1. The molecule has 0 spiro atoms. The van der Waals surface area contributed by atoms with Gasteiger partial charge >= 0.3 is 6.03 Å². The summed E-state index contributed by atoms with van der Waals surface area (Å²) in [4.78, 5) is 22.2. The first kappa shape index (κ1) is 16.2. The summed E-state index contributed by atoms with van der Waals surface area (Å²) in [6.07, 6.45) is 3.93. The highest BCUT2D eigenvalue weighted by molar-refractivity contribution is 5.73. The third kappa shape index (κ3) is 3.62. The summed E-state index contributed by atoms with van der Waals surface area (Å²) in [5, 5.41) is 5.31. The standard InChI is InChI=1S/C17H21N5O2/c1-18-17(23)21-7-12-4-3-5-13(6-12)14-8-19-16(20-9-14)22-10-15(11-22)24-2/h3-6,8-9,15H,7,10-11H2,1-2H3,(H2,18,21,23). The van der Waals surface area contributed by atoms with Gasteiger partial charge in [-0.2, -0.15) is 0 Å². The molecule has 126 valence electrons. The fourth-order valence-corrected chi connectivity index (χ4v) is 2.52. The monoisotopic (exact) mass is 327 g/mol. The molecule has 7 nitrogen and oxygen atoms in total. The summed E-state index contributed by atoms with van der Waals surface area (Å²) in [6, 6.07) is 7.77. The van der Waals surface area contributed by atoms with Gasteiger partial charge in [-0.05, 0) is 17.2 Å². The Morgan fingerprint density at radius 1 is 1.29 bits per heavy atom. The van der Waals surface area contributed by atoms with E-state index in [0.29, 0.717) is 6.54 Å². The van der Waals surface area contributed by atoms with Crippen molar-refractivity contribution < 1.29 is 9.53 Å². The van der Waals surface area contributed by atoms with Gasteiger partial charge in [-0.15, -0.1) is 0 Å².